The first-order valence-electron chi connectivity index (χ1n) is 10.4. The SMILES string of the molecule is CC(CCC=CCCCCI)OCOCOC(C)CCC=CCCCCI. The first-order valence-corrected chi connectivity index (χ1v) is 13.5. The number of ether oxygens (including phenoxy) is 3. The minimum atomic E-state index is 0.221. The third-order valence-corrected chi connectivity index (χ3v) is 5.72. The van der Waals surface area contributed by atoms with Crippen molar-refractivity contribution in [1.29, 1.82) is 0 Å². The molecule has 0 bridgehead atoms. The lowest BCUT2D eigenvalue weighted by Crippen LogP contribution is -2.15. The van der Waals surface area contributed by atoms with E-state index in [-0.39, 0.29) is 12.2 Å². The van der Waals surface area contributed by atoms with Crippen molar-refractivity contribution in [3.63, 3.8) is 0 Å². The Morgan fingerprint density at radius 1 is 0.630 bits per heavy atom. The predicted molar refractivity (Wildman–Crippen MR) is 134 cm³/mol. The monoisotopic (exact) mass is 606 g/mol. The number of alkyl halides is 2. The summed E-state index contributed by atoms with van der Waals surface area (Å²) in [7, 11) is 0. The number of allylic oxidation sites excluding steroid dienone is 4. The van der Waals surface area contributed by atoms with Gasteiger partial charge in [-0.25, -0.2) is 0 Å². The Balaban J connectivity index is 3.40. The summed E-state index contributed by atoms with van der Waals surface area (Å²) < 4.78 is 19.3. The summed E-state index contributed by atoms with van der Waals surface area (Å²) in [5.74, 6) is 0. The van der Waals surface area contributed by atoms with Crippen LogP contribution in [0.15, 0.2) is 24.3 Å². The molecule has 0 N–H and O–H groups in total. The lowest BCUT2D eigenvalue weighted by atomic mass is 10.2. The van der Waals surface area contributed by atoms with Crippen LogP contribution in [-0.2, 0) is 14.2 Å². The Kier molecular flexibility index (Phi) is 23.8. The van der Waals surface area contributed by atoms with Gasteiger partial charge >= 0.3 is 0 Å². The van der Waals surface area contributed by atoms with Crippen molar-refractivity contribution in [2.75, 3.05) is 22.4 Å². The highest BCUT2D eigenvalue weighted by atomic mass is 127. The lowest BCUT2D eigenvalue weighted by molar-refractivity contribution is -0.160. The van der Waals surface area contributed by atoms with E-state index in [9.17, 15) is 0 Å². The summed E-state index contributed by atoms with van der Waals surface area (Å²) in [6.45, 7) is 4.82. The van der Waals surface area contributed by atoms with E-state index in [0.29, 0.717) is 13.6 Å². The van der Waals surface area contributed by atoms with E-state index in [4.69, 9.17) is 14.2 Å². The maximum atomic E-state index is 5.67. The van der Waals surface area contributed by atoms with Gasteiger partial charge < -0.3 is 14.2 Å². The predicted octanol–water partition coefficient (Wildman–Crippen LogP) is 7.61. The molecule has 0 fully saturated rings. The minimum absolute atomic E-state index is 0.221. The van der Waals surface area contributed by atoms with E-state index in [2.05, 4.69) is 83.3 Å². The van der Waals surface area contributed by atoms with Crippen LogP contribution in [0.4, 0.5) is 0 Å². The van der Waals surface area contributed by atoms with Gasteiger partial charge in [-0.2, -0.15) is 0 Å². The zero-order valence-corrected chi connectivity index (χ0v) is 21.7. The Morgan fingerprint density at radius 2 is 1.04 bits per heavy atom. The van der Waals surface area contributed by atoms with Crippen molar-refractivity contribution in [2.24, 2.45) is 0 Å². The molecular weight excluding hydrogens is 566 g/mol. The zero-order valence-electron chi connectivity index (χ0n) is 17.3. The summed E-state index contributed by atoms with van der Waals surface area (Å²) in [6.07, 6.45) is 21.4. The summed E-state index contributed by atoms with van der Waals surface area (Å²) in [5, 5.41) is 0. The number of hydrogen-bond acceptors (Lipinski definition) is 3. The molecule has 0 saturated heterocycles. The first kappa shape index (κ1) is 27.8. The van der Waals surface area contributed by atoms with Gasteiger partial charge in [0, 0.05) is 0 Å². The van der Waals surface area contributed by atoms with Crippen LogP contribution in [0.25, 0.3) is 0 Å². The minimum Gasteiger partial charge on any atom is -0.352 e. The fourth-order valence-corrected chi connectivity index (χ4v) is 3.45. The second-order valence-electron chi connectivity index (χ2n) is 6.86. The van der Waals surface area contributed by atoms with Gasteiger partial charge in [0.2, 0.25) is 0 Å². The highest BCUT2D eigenvalue weighted by Crippen LogP contribution is 2.07. The smallest absolute Gasteiger partial charge is 0.149 e. The molecule has 0 aromatic heterocycles. The summed E-state index contributed by atoms with van der Waals surface area (Å²) in [4.78, 5) is 0. The van der Waals surface area contributed by atoms with Gasteiger partial charge in [-0.15, -0.1) is 0 Å². The van der Waals surface area contributed by atoms with Crippen molar-refractivity contribution in [2.45, 2.75) is 90.3 Å². The van der Waals surface area contributed by atoms with Crippen molar-refractivity contribution < 1.29 is 14.2 Å². The lowest BCUT2D eigenvalue weighted by Gasteiger charge is -2.14. The van der Waals surface area contributed by atoms with Gasteiger partial charge in [0.1, 0.15) is 13.6 Å². The van der Waals surface area contributed by atoms with Gasteiger partial charge in [-0.05, 0) is 86.9 Å². The second kappa shape index (κ2) is 23.1. The molecule has 5 heteroatoms. The van der Waals surface area contributed by atoms with E-state index in [1.54, 1.807) is 0 Å². The molecular formula is C22H40I2O3. The molecule has 160 valence electrons. The Hall–Kier alpha value is 0.820. The number of unbranched alkanes of at least 4 members (excludes halogenated alkanes) is 4. The number of halogens is 2. The van der Waals surface area contributed by atoms with Crippen LogP contribution in [0.1, 0.15) is 78.1 Å². The molecule has 0 aromatic rings. The van der Waals surface area contributed by atoms with Crippen LogP contribution in [-0.4, -0.2) is 34.6 Å². The van der Waals surface area contributed by atoms with E-state index in [1.165, 1.54) is 47.4 Å². The molecule has 2 atom stereocenters. The molecule has 0 aliphatic heterocycles. The molecule has 0 saturated carbocycles. The normalized spacial score (nSPS) is 14.4. The highest BCUT2D eigenvalue weighted by molar-refractivity contribution is 14.1. The maximum absolute atomic E-state index is 5.67. The van der Waals surface area contributed by atoms with Crippen molar-refractivity contribution in [3.8, 4) is 0 Å². The van der Waals surface area contributed by atoms with Crippen LogP contribution >= 0.6 is 45.2 Å². The van der Waals surface area contributed by atoms with Crippen molar-refractivity contribution in [3.05, 3.63) is 24.3 Å². The Labute approximate surface area is 195 Å². The molecule has 27 heavy (non-hydrogen) atoms. The number of hydrogen-bond donors (Lipinski definition) is 0. The highest BCUT2D eigenvalue weighted by Gasteiger charge is 2.03. The standard InChI is InChI=1S/C22H40I2O3/c1-21(15-11-7-3-5-9-13-17-23)26-19-25-20-27-22(2)16-12-8-4-6-10-14-18-24/h3-4,7-8,21-22H,5-6,9-20H2,1-2H3. The Morgan fingerprint density at radius 3 is 1.44 bits per heavy atom. The first-order chi connectivity index (χ1) is 13.2. The van der Waals surface area contributed by atoms with Crippen LogP contribution in [0.2, 0.25) is 0 Å². The van der Waals surface area contributed by atoms with E-state index < -0.39 is 0 Å². The largest absolute Gasteiger partial charge is 0.352 e. The molecule has 0 aromatic carbocycles. The maximum Gasteiger partial charge on any atom is 0.149 e. The third kappa shape index (κ3) is 23.0. The van der Waals surface area contributed by atoms with Crippen molar-refractivity contribution in [1.82, 2.24) is 0 Å². The van der Waals surface area contributed by atoms with Crippen LogP contribution < -0.4 is 0 Å². The molecule has 3 nitrogen and oxygen atoms in total. The molecule has 0 rings (SSSR count). The molecule has 2 unspecified atom stereocenters. The van der Waals surface area contributed by atoms with Gasteiger partial charge in [0.05, 0.1) is 12.2 Å². The fraction of sp³-hybridized carbons (Fsp3) is 0.818. The average Bonchev–Trinajstić information content (AvgIpc) is 2.66. The van der Waals surface area contributed by atoms with Crippen molar-refractivity contribution >= 4 is 45.2 Å². The van der Waals surface area contributed by atoms with Crippen LogP contribution in [0.5, 0.6) is 0 Å². The van der Waals surface area contributed by atoms with Gasteiger partial charge in [0.25, 0.3) is 0 Å². The fourth-order valence-electron chi connectivity index (χ4n) is 2.38. The average molecular weight is 606 g/mol. The quantitative estimate of drug-likeness (QED) is 0.0470. The molecule has 0 radical (unpaired) electrons. The topological polar surface area (TPSA) is 27.7 Å². The summed E-state index contributed by atoms with van der Waals surface area (Å²) >= 11 is 4.87. The summed E-state index contributed by atoms with van der Waals surface area (Å²) in [6, 6.07) is 0. The van der Waals surface area contributed by atoms with Gasteiger partial charge in [0.15, 0.2) is 0 Å². The van der Waals surface area contributed by atoms with E-state index in [1.807, 2.05) is 0 Å². The van der Waals surface area contributed by atoms with E-state index in [0.717, 1.165) is 25.7 Å². The second-order valence-corrected chi connectivity index (χ2v) is 9.02. The molecule has 0 aliphatic carbocycles. The molecule has 0 spiro atoms. The van der Waals surface area contributed by atoms with Gasteiger partial charge in [-0.3, -0.25) is 0 Å². The Bertz CT molecular complexity index is 316. The molecule has 0 amide bonds. The van der Waals surface area contributed by atoms with Crippen LogP contribution in [0.3, 0.4) is 0 Å². The zero-order chi connectivity index (χ0) is 20.0. The van der Waals surface area contributed by atoms with Crippen LogP contribution in [0, 0.1) is 0 Å². The molecule has 0 aliphatic rings. The summed E-state index contributed by atoms with van der Waals surface area (Å²) in [5.41, 5.74) is 0. The number of rotatable bonds is 20. The molecule has 0 heterocycles. The van der Waals surface area contributed by atoms with E-state index >= 15 is 0 Å². The van der Waals surface area contributed by atoms with Gasteiger partial charge in [-0.1, -0.05) is 69.5 Å². The third-order valence-electron chi connectivity index (χ3n) is 4.19.